The summed E-state index contributed by atoms with van der Waals surface area (Å²) in [7, 11) is 0. The summed E-state index contributed by atoms with van der Waals surface area (Å²) in [6.45, 7) is 4.98. The zero-order chi connectivity index (χ0) is 12.7. The number of aliphatic hydroxyl groups is 1. The highest BCUT2D eigenvalue weighted by atomic mass is 32.2. The summed E-state index contributed by atoms with van der Waals surface area (Å²) in [6, 6.07) is 8.24. The van der Waals surface area contributed by atoms with Crippen molar-refractivity contribution in [3.8, 4) is 5.75 Å². The van der Waals surface area contributed by atoms with Crippen molar-refractivity contribution >= 4 is 11.8 Å². The fourth-order valence-electron chi connectivity index (χ4n) is 1.35. The van der Waals surface area contributed by atoms with E-state index in [1.54, 1.807) is 11.8 Å². The summed E-state index contributed by atoms with van der Waals surface area (Å²) in [4.78, 5) is 1.09. The van der Waals surface area contributed by atoms with Crippen LogP contribution in [0.3, 0.4) is 0 Å². The van der Waals surface area contributed by atoms with Gasteiger partial charge in [-0.05, 0) is 18.4 Å². The van der Waals surface area contributed by atoms with Crippen LogP contribution in [0.4, 0.5) is 0 Å². The van der Waals surface area contributed by atoms with Crippen molar-refractivity contribution in [1.82, 2.24) is 5.32 Å². The van der Waals surface area contributed by atoms with Crippen LogP contribution in [-0.4, -0.2) is 36.7 Å². The predicted molar refractivity (Wildman–Crippen MR) is 72.9 cm³/mol. The minimum Gasteiger partial charge on any atom is -0.490 e. The number of para-hydroxylation sites is 1. The highest BCUT2D eigenvalue weighted by Crippen LogP contribution is 2.26. The summed E-state index contributed by atoms with van der Waals surface area (Å²) < 4.78 is 5.61. The van der Waals surface area contributed by atoms with Gasteiger partial charge < -0.3 is 15.2 Å². The van der Waals surface area contributed by atoms with E-state index in [0.717, 1.165) is 10.6 Å². The van der Waals surface area contributed by atoms with Gasteiger partial charge in [0.05, 0.1) is 0 Å². The maximum absolute atomic E-state index is 9.73. The van der Waals surface area contributed by atoms with E-state index in [2.05, 4.69) is 19.2 Å². The molecule has 0 amide bonds. The van der Waals surface area contributed by atoms with E-state index in [-0.39, 0.29) is 0 Å². The monoisotopic (exact) mass is 255 g/mol. The molecule has 0 aliphatic heterocycles. The van der Waals surface area contributed by atoms with E-state index >= 15 is 0 Å². The van der Waals surface area contributed by atoms with Crippen LogP contribution >= 0.6 is 11.8 Å². The zero-order valence-electron chi connectivity index (χ0n) is 10.6. The van der Waals surface area contributed by atoms with Crippen molar-refractivity contribution in [2.24, 2.45) is 0 Å². The Kier molecular flexibility index (Phi) is 6.40. The molecule has 96 valence electrons. The van der Waals surface area contributed by atoms with E-state index < -0.39 is 6.10 Å². The molecular weight excluding hydrogens is 234 g/mol. The Labute approximate surface area is 108 Å². The van der Waals surface area contributed by atoms with Crippen LogP contribution in [0.25, 0.3) is 0 Å². The van der Waals surface area contributed by atoms with Crippen molar-refractivity contribution in [2.45, 2.75) is 30.9 Å². The van der Waals surface area contributed by atoms with Crippen molar-refractivity contribution < 1.29 is 9.84 Å². The summed E-state index contributed by atoms with van der Waals surface area (Å²) in [5, 5.41) is 12.9. The normalized spacial score (nSPS) is 12.8. The number of hydrogen-bond acceptors (Lipinski definition) is 4. The molecule has 0 spiro atoms. The van der Waals surface area contributed by atoms with Gasteiger partial charge in [0.1, 0.15) is 18.5 Å². The van der Waals surface area contributed by atoms with Gasteiger partial charge in [-0.1, -0.05) is 26.0 Å². The van der Waals surface area contributed by atoms with Crippen molar-refractivity contribution in [3.05, 3.63) is 24.3 Å². The largest absolute Gasteiger partial charge is 0.490 e. The Morgan fingerprint density at radius 1 is 1.35 bits per heavy atom. The molecule has 3 nitrogen and oxygen atoms in total. The van der Waals surface area contributed by atoms with Crippen LogP contribution in [0.1, 0.15) is 13.8 Å². The van der Waals surface area contributed by atoms with Gasteiger partial charge in [0.2, 0.25) is 0 Å². The van der Waals surface area contributed by atoms with Gasteiger partial charge in [0.25, 0.3) is 0 Å². The molecule has 17 heavy (non-hydrogen) atoms. The Hall–Kier alpha value is -0.710. The number of benzene rings is 1. The van der Waals surface area contributed by atoms with Crippen molar-refractivity contribution in [1.29, 1.82) is 0 Å². The molecule has 1 aromatic carbocycles. The molecule has 0 aliphatic rings. The first-order valence-electron chi connectivity index (χ1n) is 5.80. The number of hydrogen-bond donors (Lipinski definition) is 2. The summed E-state index contributed by atoms with van der Waals surface area (Å²) in [6.07, 6.45) is 1.53. The quantitative estimate of drug-likeness (QED) is 0.733. The molecule has 1 atom stereocenters. The second-order valence-corrected chi connectivity index (χ2v) is 5.03. The zero-order valence-corrected chi connectivity index (χ0v) is 11.5. The lowest BCUT2D eigenvalue weighted by Crippen LogP contribution is -2.35. The van der Waals surface area contributed by atoms with Gasteiger partial charge in [0.15, 0.2) is 0 Å². The smallest absolute Gasteiger partial charge is 0.132 e. The van der Waals surface area contributed by atoms with E-state index in [1.165, 1.54) is 0 Å². The number of thioether (sulfide) groups is 1. The minimum atomic E-state index is -0.479. The third-order valence-electron chi connectivity index (χ3n) is 2.26. The third kappa shape index (κ3) is 5.44. The lowest BCUT2D eigenvalue weighted by Gasteiger charge is -2.16. The fraction of sp³-hybridized carbons (Fsp3) is 0.538. The first kappa shape index (κ1) is 14.4. The van der Waals surface area contributed by atoms with Crippen molar-refractivity contribution in [2.75, 3.05) is 19.4 Å². The molecule has 0 fully saturated rings. The van der Waals surface area contributed by atoms with Crippen LogP contribution in [-0.2, 0) is 0 Å². The molecule has 0 saturated heterocycles. The molecule has 4 heteroatoms. The average molecular weight is 255 g/mol. The maximum atomic E-state index is 9.73. The molecule has 0 bridgehead atoms. The topological polar surface area (TPSA) is 41.5 Å². The molecule has 2 N–H and O–H groups in total. The highest BCUT2D eigenvalue weighted by molar-refractivity contribution is 7.98. The third-order valence-corrected chi connectivity index (χ3v) is 3.04. The molecule has 0 aromatic heterocycles. The predicted octanol–water partition coefficient (Wildman–Crippen LogP) is 2.15. The summed E-state index contributed by atoms with van der Waals surface area (Å²) in [5.41, 5.74) is 0. The average Bonchev–Trinajstić information content (AvgIpc) is 2.34. The number of ether oxygens (including phenoxy) is 1. The van der Waals surface area contributed by atoms with Crippen LogP contribution in [0.15, 0.2) is 29.2 Å². The first-order valence-corrected chi connectivity index (χ1v) is 7.03. The number of rotatable bonds is 7. The maximum Gasteiger partial charge on any atom is 0.132 e. The van der Waals surface area contributed by atoms with E-state index in [0.29, 0.717) is 19.2 Å². The Balaban J connectivity index is 2.39. The molecule has 1 aromatic rings. The van der Waals surface area contributed by atoms with Crippen LogP contribution in [0.5, 0.6) is 5.75 Å². The van der Waals surface area contributed by atoms with Crippen molar-refractivity contribution in [3.63, 3.8) is 0 Å². The number of aliphatic hydroxyl groups excluding tert-OH is 1. The molecule has 0 aliphatic carbocycles. The van der Waals surface area contributed by atoms with E-state index in [9.17, 15) is 5.11 Å². The lowest BCUT2D eigenvalue weighted by molar-refractivity contribution is 0.103. The molecule has 0 heterocycles. The van der Waals surface area contributed by atoms with Gasteiger partial charge in [-0.2, -0.15) is 0 Å². The van der Waals surface area contributed by atoms with Gasteiger partial charge in [-0.15, -0.1) is 11.8 Å². The SMILES string of the molecule is CSc1ccccc1OC[C@@H](O)CNC(C)C. The molecule has 0 unspecified atom stereocenters. The first-order chi connectivity index (χ1) is 8.13. The molecular formula is C13H21NO2S. The molecule has 0 radical (unpaired) electrons. The van der Waals surface area contributed by atoms with Gasteiger partial charge >= 0.3 is 0 Å². The van der Waals surface area contributed by atoms with Crippen LogP contribution < -0.4 is 10.1 Å². The standard InChI is InChI=1S/C13H21NO2S/c1-10(2)14-8-11(15)9-16-12-6-4-5-7-13(12)17-3/h4-7,10-11,14-15H,8-9H2,1-3H3/t11-/m0/s1. The second-order valence-electron chi connectivity index (χ2n) is 4.18. The second kappa shape index (κ2) is 7.58. The Morgan fingerprint density at radius 3 is 2.71 bits per heavy atom. The van der Waals surface area contributed by atoms with Crippen LogP contribution in [0, 0.1) is 0 Å². The van der Waals surface area contributed by atoms with Gasteiger partial charge in [-0.3, -0.25) is 0 Å². The minimum absolute atomic E-state index is 0.317. The molecule has 1 rings (SSSR count). The fourth-order valence-corrected chi connectivity index (χ4v) is 1.90. The van der Waals surface area contributed by atoms with Crippen LogP contribution in [0.2, 0.25) is 0 Å². The summed E-state index contributed by atoms with van der Waals surface area (Å²) >= 11 is 1.64. The Morgan fingerprint density at radius 2 is 2.06 bits per heavy atom. The lowest BCUT2D eigenvalue weighted by atomic mass is 10.3. The van der Waals surface area contributed by atoms with E-state index in [1.807, 2.05) is 30.5 Å². The van der Waals surface area contributed by atoms with E-state index in [4.69, 9.17) is 4.74 Å². The van der Waals surface area contributed by atoms with Gasteiger partial charge in [-0.25, -0.2) is 0 Å². The highest BCUT2D eigenvalue weighted by Gasteiger charge is 2.07. The van der Waals surface area contributed by atoms with Gasteiger partial charge in [0, 0.05) is 17.5 Å². The summed E-state index contributed by atoms with van der Waals surface area (Å²) in [5.74, 6) is 0.837. The number of nitrogens with one attached hydrogen (secondary N) is 1. The molecule has 0 saturated carbocycles. The Bertz CT molecular complexity index is 331.